The Morgan fingerprint density at radius 1 is 1.24 bits per heavy atom. The van der Waals surface area contributed by atoms with E-state index in [1.165, 1.54) is 29.3 Å². The van der Waals surface area contributed by atoms with E-state index < -0.39 is 0 Å². The summed E-state index contributed by atoms with van der Waals surface area (Å²) in [4.78, 5) is 0. The van der Waals surface area contributed by atoms with Crippen LogP contribution in [0.15, 0.2) is 18.2 Å². The molecule has 0 bridgehead atoms. The van der Waals surface area contributed by atoms with Crippen molar-refractivity contribution in [3.8, 4) is 0 Å². The Morgan fingerprint density at radius 2 is 1.94 bits per heavy atom. The van der Waals surface area contributed by atoms with E-state index in [0.717, 1.165) is 18.2 Å². The molecule has 1 heterocycles. The number of aryl methyl sites for hydroxylation is 2. The molecule has 0 amide bonds. The first-order valence-corrected chi connectivity index (χ1v) is 6.68. The van der Waals surface area contributed by atoms with Gasteiger partial charge in [0, 0.05) is 11.9 Å². The van der Waals surface area contributed by atoms with Gasteiger partial charge in [0.15, 0.2) is 0 Å². The molecule has 0 spiro atoms. The number of hydrogen-bond acceptors (Lipinski definition) is 1. The third-order valence-corrected chi connectivity index (χ3v) is 3.22. The first-order valence-electron chi connectivity index (χ1n) is 6.68. The van der Waals surface area contributed by atoms with Crippen molar-refractivity contribution < 1.29 is 0 Å². The van der Waals surface area contributed by atoms with Gasteiger partial charge in [-0.05, 0) is 44.7 Å². The summed E-state index contributed by atoms with van der Waals surface area (Å²) in [6, 6.07) is 6.61. The summed E-state index contributed by atoms with van der Waals surface area (Å²) in [6.07, 6.45) is 2.76. The van der Waals surface area contributed by atoms with Gasteiger partial charge in [-0.1, -0.05) is 25.5 Å². The molecule has 0 radical (unpaired) electrons. The average Bonchev–Trinajstić information content (AvgIpc) is 3.09. The number of benzene rings is 1. The molecular formula is C15H22N2. The zero-order chi connectivity index (χ0) is 12.4. The number of rotatable bonds is 2. The standard InChI is InChI=1S/C13H16N2.C2H6/c1-9-3-6-13-12(7-9)10(2)14-15(13)8-11-4-5-11;1-2/h3,6-7,11H,4-5,8H2,1-2H3;1-2H3. The molecule has 1 aliphatic carbocycles. The topological polar surface area (TPSA) is 17.8 Å². The number of aromatic nitrogens is 2. The van der Waals surface area contributed by atoms with E-state index in [4.69, 9.17) is 0 Å². The van der Waals surface area contributed by atoms with Crippen molar-refractivity contribution in [1.29, 1.82) is 0 Å². The SMILES string of the molecule is CC.Cc1ccc2c(c1)c(C)nn2CC1CC1. The van der Waals surface area contributed by atoms with Crippen molar-refractivity contribution >= 4 is 10.9 Å². The van der Waals surface area contributed by atoms with Crippen LogP contribution in [0, 0.1) is 19.8 Å². The molecule has 1 saturated carbocycles. The predicted octanol–water partition coefficient (Wildman–Crippen LogP) is 4.09. The van der Waals surface area contributed by atoms with Crippen LogP contribution in [-0.4, -0.2) is 9.78 Å². The summed E-state index contributed by atoms with van der Waals surface area (Å²) in [5, 5.41) is 5.94. The highest BCUT2D eigenvalue weighted by atomic mass is 15.3. The molecule has 0 unspecified atom stereocenters. The summed E-state index contributed by atoms with van der Waals surface area (Å²) in [5.41, 5.74) is 3.77. The number of nitrogens with zero attached hydrogens (tertiary/aromatic N) is 2. The van der Waals surface area contributed by atoms with E-state index >= 15 is 0 Å². The largest absolute Gasteiger partial charge is 0.264 e. The molecule has 1 aromatic carbocycles. The van der Waals surface area contributed by atoms with Crippen molar-refractivity contribution in [1.82, 2.24) is 9.78 Å². The van der Waals surface area contributed by atoms with Gasteiger partial charge in [-0.2, -0.15) is 5.10 Å². The van der Waals surface area contributed by atoms with Crippen molar-refractivity contribution in [3.05, 3.63) is 29.5 Å². The Kier molecular flexibility index (Phi) is 3.51. The van der Waals surface area contributed by atoms with Crippen LogP contribution in [0.2, 0.25) is 0 Å². The van der Waals surface area contributed by atoms with Crippen LogP contribution in [0.25, 0.3) is 10.9 Å². The van der Waals surface area contributed by atoms with Gasteiger partial charge in [0.1, 0.15) is 0 Å². The third kappa shape index (κ3) is 2.51. The molecule has 17 heavy (non-hydrogen) atoms. The maximum atomic E-state index is 4.63. The van der Waals surface area contributed by atoms with Crippen LogP contribution in [0.4, 0.5) is 0 Å². The second-order valence-electron chi connectivity index (χ2n) is 4.73. The molecule has 1 aromatic heterocycles. The number of fused-ring (bicyclic) bond motifs is 1. The van der Waals surface area contributed by atoms with E-state index in [0.29, 0.717) is 0 Å². The lowest BCUT2D eigenvalue weighted by Gasteiger charge is -2.01. The van der Waals surface area contributed by atoms with Crippen molar-refractivity contribution in [3.63, 3.8) is 0 Å². The highest BCUT2D eigenvalue weighted by molar-refractivity contribution is 5.82. The highest BCUT2D eigenvalue weighted by Crippen LogP contribution is 2.32. The van der Waals surface area contributed by atoms with Gasteiger partial charge in [-0.15, -0.1) is 0 Å². The molecule has 2 heteroatoms. The smallest absolute Gasteiger partial charge is 0.0685 e. The Bertz CT molecular complexity index is 507. The Hall–Kier alpha value is -1.31. The fourth-order valence-corrected chi connectivity index (χ4v) is 2.14. The van der Waals surface area contributed by atoms with Crippen molar-refractivity contribution in [2.45, 2.75) is 47.1 Å². The quantitative estimate of drug-likeness (QED) is 0.759. The fourth-order valence-electron chi connectivity index (χ4n) is 2.14. The molecule has 1 aliphatic rings. The van der Waals surface area contributed by atoms with Crippen molar-refractivity contribution in [2.75, 3.05) is 0 Å². The van der Waals surface area contributed by atoms with E-state index in [2.05, 4.69) is 41.8 Å². The van der Waals surface area contributed by atoms with Crippen LogP contribution in [-0.2, 0) is 6.54 Å². The second-order valence-corrected chi connectivity index (χ2v) is 4.73. The summed E-state index contributed by atoms with van der Waals surface area (Å²) in [5.74, 6) is 0.883. The first kappa shape index (κ1) is 12.2. The zero-order valence-corrected chi connectivity index (χ0v) is 11.3. The lowest BCUT2D eigenvalue weighted by atomic mass is 10.1. The van der Waals surface area contributed by atoms with Crippen LogP contribution in [0.1, 0.15) is 37.9 Å². The first-order chi connectivity index (χ1) is 8.24. The lowest BCUT2D eigenvalue weighted by Crippen LogP contribution is -2.01. The molecule has 0 atom stereocenters. The van der Waals surface area contributed by atoms with Crippen molar-refractivity contribution in [2.24, 2.45) is 5.92 Å². The molecule has 0 saturated heterocycles. The summed E-state index contributed by atoms with van der Waals surface area (Å²) >= 11 is 0. The van der Waals surface area contributed by atoms with Gasteiger partial charge in [0.05, 0.1) is 11.2 Å². The summed E-state index contributed by atoms with van der Waals surface area (Å²) in [6.45, 7) is 9.34. The monoisotopic (exact) mass is 230 g/mol. The minimum Gasteiger partial charge on any atom is -0.264 e. The Labute approximate surface area is 104 Å². The number of hydrogen-bond donors (Lipinski definition) is 0. The molecular weight excluding hydrogens is 208 g/mol. The second kappa shape index (κ2) is 4.91. The molecule has 0 N–H and O–H groups in total. The normalized spacial score (nSPS) is 14.6. The Balaban J connectivity index is 0.000000514. The molecule has 0 aliphatic heterocycles. The van der Waals surface area contributed by atoms with Gasteiger partial charge >= 0.3 is 0 Å². The van der Waals surface area contributed by atoms with Crippen LogP contribution < -0.4 is 0 Å². The highest BCUT2D eigenvalue weighted by Gasteiger charge is 2.23. The Morgan fingerprint density at radius 3 is 2.59 bits per heavy atom. The summed E-state index contributed by atoms with van der Waals surface area (Å²) < 4.78 is 2.18. The van der Waals surface area contributed by atoms with Crippen LogP contribution in [0.5, 0.6) is 0 Å². The van der Waals surface area contributed by atoms with Gasteiger partial charge in [-0.25, -0.2) is 0 Å². The molecule has 1 fully saturated rings. The van der Waals surface area contributed by atoms with Gasteiger partial charge in [0.25, 0.3) is 0 Å². The van der Waals surface area contributed by atoms with Gasteiger partial charge in [-0.3, -0.25) is 4.68 Å². The maximum Gasteiger partial charge on any atom is 0.0685 e. The minimum absolute atomic E-state index is 0.883. The molecule has 92 valence electrons. The fraction of sp³-hybridized carbons (Fsp3) is 0.533. The lowest BCUT2D eigenvalue weighted by molar-refractivity contribution is 0.576. The van der Waals surface area contributed by atoms with Gasteiger partial charge in [0.2, 0.25) is 0 Å². The molecule has 2 nitrogen and oxygen atoms in total. The van der Waals surface area contributed by atoms with E-state index in [9.17, 15) is 0 Å². The third-order valence-electron chi connectivity index (χ3n) is 3.22. The summed E-state index contributed by atoms with van der Waals surface area (Å²) in [7, 11) is 0. The maximum absolute atomic E-state index is 4.63. The van der Waals surface area contributed by atoms with E-state index in [1.54, 1.807) is 0 Å². The van der Waals surface area contributed by atoms with Gasteiger partial charge < -0.3 is 0 Å². The predicted molar refractivity (Wildman–Crippen MR) is 73.3 cm³/mol. The van der Waals surface area contributed by atoms with Crippen LogP contribution in [0.3, 0.4) is 0 Å². The molecule has 2 aromatic rings. The van der Waals surface area contributed by atoms with Crippen LogP contribution >= 0.6 is 0 Å². The molecule has 3 rings (SSSR count). The zero-order valence-electron chi connectivity index (χ0n) is 11.3. The average molecular weight is 230 g/mol. The minimum atomic E-state index is 0.883. The van der Waals surface area contributed by atoms with E-state index in [-0.39, 0.29) is 0 Å². The van der Waals surface area contributed by atoms with E-state index in [1.807, 2.05) is 13.8 Å².